The number of imidazole rings is 1. The normalized spacial score (nSPS) is 21.3. The maximum Gasteiger partial charge on any atom is 0.195 e. The van der Waals surface area contributed by atoms with E-state index in [1.807, 2.05) is 27.7 Å². The van der Waals surface area contributed by atoms with Crippen molar-refractivity contribution in [1.82, 2.24) is 9.38 Å². The lowest BCUT2D eigenvalue weighted by Crippen LogP contribution is -2.37. The van der Waals surface area contributed by atoms with Crippen LogP contribution in [0.2, 0.25) is 0 Å². The van der Waals surface area contributed by atoms with E-state index in [0.29, 0.717) is 5.25 Å². The lowest BCUT2D eigenvalue weighted by Gasteiger charge is -2.31. The maximum absolute atomic E-state index is 9.53. The van der Waals surface area contributed by atoms with Gasteiger partial charge in [0.25, 0.3) is 0 Å². The minimum atomic E-state index is 0.0469. The third kappa shape index (κ3) is 1.94. The molecule has 2 aromatic rings. The maximum atomic E-state index is 9.53. The van der Waals surface area contributed by atoms with Crippen LogP contribution in [-0.4, -0.2) is 38.6 Å². The Kier molecular flexibility index (Phi) is 3.02. The predicted octanol–water partition coefficient (Wildman–Crippen LogP) is 1.83. The van der Waals surface area contributed by atoms with Gasteiger partial charge in [0.15, 0.2) is 10.8 Å². The molecule has 3 rings (SSSR count). The first-order valence-electron chi connectivity index (χ1n) is 5.71. The fourth-order valence-corrected chi connectivity index (χ4v) is 3.97. The number of aromatic nitrogens is 2. The zero-order valence-corrected chi connectivity index (χ0v) is 11.3. The average molecular weight is 269 g/mol. The first kappa shape index (κ1) is 11.4. The van der Waals surface area contributed by atoms with Crippen molar-refractivity contribution in [2.24, 2.45) is 0 Å². The van der Waals surface area contributed by atoms with Crippen molar-refractivity contribution < 1.29 is 5.11 Å². The highest BCUT2D eigenvalue weighted by atomic mass is 32.2. The Bertz CT molecular complexity index is 522. The van der Waals surface area contributed by atoms with Gasteiger partial charge >= 0.3 is 0 Å². The lowest BCUT2D eigenvalue weighted by molar-refractivity contribution is 0.276. The van der Waals surface area contributed by atoms with Crippen LogP contribution in [0, 0.1) is 0 Å². The highest BCUT2D eigenvalue weighted by Gasteiger charge is 2.23. The molecule has 1 fully saturated rings. The number of thioether (sulfide) groups is 1. The molecule has 6 heteroatoms. The summed E-state index contributed by atoms with van der Waals surface area (Å²) in [7, 11) is 0. The van der Waals surface area contributed by atoms with Crippen molar-refractivity contribution in [2.45, 2.75) is 18.8 Å². The zero-order valence-electron chi connectivity index (χ0n) is 9.67. The summed E-state index contributed by atoms with van der Waals surface area (Å²) in [5, 5.41) is 12.2. The monoisotopic (exact) mass is 269 g/mol. The Morgan fingerprint density at radius 2 is 2.47 bits per heavy atom. The minimum Gasteiger partial charge on any atom is -0.390 e. The molecule has 0 radical (unpaired) electrons. The summed E-state index contributed by atoms with van der Waals surface area (Å²) in [6, 6.07) is 0. The van der Waals surface area contributed by atoms with Crippen LogP contribution < -0.4 is 4.90 Å². The van der Waals surface area contributed by atoms with Crippen LogP contribution >= 0.6 is 23.1 Å². The SMILES string of the molecule is CC1CN(c2nc3sccn3c2CO)CCS1. The second kappa shape index (κ2) is 4.51. The van der Waals surface area contributed by atoms with Crippen molar-refractivity contribution >= 4 is 33.9 Å². The van der Waals surface area contributed by atoms with Gasteiger partial charge in [-0.1, -0.05) is 6.92 Å². The number of aliphatic hydroxyl groups excluding tert-OH is 1. The number of anilines is 1. The molecule has 0 amide bonds. The second-order valence-electron chi connectivity index (χ2n) is 4.22. The summed E-state index contributed by atoms with van der Waals surface area (Å²) in [5.74, 6) is 2.10. The molecule has 0 spiro atoms. The van der Waals surface area contributed by atoms with Crippen LogP contribution in [0.1, 0.15) is 12.6 Å². The van der Waals surface area contributed by atoms with Gasteiger partial charge in [-0.05, 0) is 0 Å². The van der Waals surface area contributed by atoms with E-state index in [1.165, 1.54) is 0 Å². The molecule has 92 valence electrons. The smallest absolute Gasteiger partial charge is 0.195 e. The number of thiazole rings is 1. The third-order valence-electron chi connectivity index (χ3n) is 3.03. The van der Waals surface area contributed by atoms with Gasteiger partial charge in [0.1, 0.15) is 0 Å². The van der Waals surface area contributed by atoms with E-state index in [0.717, 1.165) is 35.3 Å². The van der Waals surface area contributed by atoms with Gasteiger partial charge in [0.05, 0.1) is 12.3 Å². The number of hydrogen-bond donors (Lipinski definition) is 1. The van der Waals surface area contributed by atoms with Gasteiger partial charge in [0.2, 0.25) is 0 Å². The number of hydrogen-bond acceptors (Lipinski definition) is 5. The summed E-state index contributed by atoms with van der Waals surface area (Å²) in [4.78, 5) is 7.91. The van der Waals surface area contributed by atoms with E-state index >= 15 is 0 Å². The molecule has 1 N–H and O–H groups in total. The van der Waals surface area contributed by atoms with Gasteiger partial charge in [-0.25, -0.2) is 4.98 Å². The van der Waals surface area contributed by atoms with E-state index in [1.54, 1.807) is 11.3 Å². The van der Waals surface area contributed by atoms with Crippen LogP contribution in [-0.2, 0) is 6.61 Å². The molecule has 0 aromatic carbocycles. The largest absolute Gasteiger partial charge is 0.390 e. The standard InChI is InChI=1S/C11H15N3OS2/c1-8-6-13(2-4-16-8)10-9(7-15)14-3-5-17-11(14)12-10/h3,5,8,15H,2,4,6-7H2,1H3. The van der Waals surface area contributed by atoms with Gasteiger partial charge in [-0.3, -0.25) is 4.40 Å². The number of rotatable bonds is 2. The molecule has 1 aliphatic heterocycles. The summed E-state index contributed by atoms with van der Waals surface area (Å²) in [5.41, 5.74) is 0.917. The summed E-state index contributed by atoms with van der Waals surface area (Å²) >= 11 is 3.61. The Morgan fingerprint density at radius 3 is 3.24 bits per heavy atom. The molecule has 2 aromatic heterocycles. The molecular formula is C11H15N3OS2. The van der Waals surface area contributed by atoms with Crippen LogP contribution in [0.4, 0.5) is 5.82 Å². The average Bonchev–Trinajstić information content (AvgIpc) is 2.88. The fraction of sp³-hybridized carbons (Fsp3) is 0.545. The highest BCUT2D eigenvalue weighted by Crippen LogP contribution is 2.28. The number of aliphatic hydroxyl groups is 1. The molecular weight excluding hydrogens is 254 g/mol. The topological polar surface area (TPSA) is 40.8 Å². The van der Waals surface area contributed by atoms with Gasteiger partial charge in [-0.15, -0.1) is 11.3 Å². The molecule has 3 heterocycles. The fourth-order valence-electron chi connectivity index (χ4n) is 2.23. The zero-order chi connectivity index (χ0) is 11.8. The quantitative estimate of drug-likeness (QED) is 0.903. The van der Waals surface area contributed by atoms with Crippen molar-refractivity contribution in [3.05, 3.63) is 17.3 Å². The van der Waals surface area contributed by atoms with Crippen molar-refractivity contribution in [2.75, 3.05) is 23.7 Å². The summed E-state index contributed by atoms with van der Waals surface area (Å²) in [6.45, 7) is 4.33. The van der Waals surface area contributed by atoms with Crippen molar-refractivity contribution in [1.29, 1.82) is 0 Å². The first-order chi connectivity index (χ1) is 8.29. The van der Waals surface area contributed by atoms with Gasteiger partial charge in [-0.2, -0.15) is 11.8 Å². The second-order valence-corrected chi connectivity index (χ2v) is 6.64. The molecule has 0 bridgehead atoms. The molecule has 1 unspecified atom stereocenters. The van der Waals surface area contributed by atoms with E-state index in [2.05, 4.69) is 16.8 Å². The van der Waals surface area contributed by atoms with E-state index in [9.17, 15) is 5.11 Å². The molecule has 1 saturated heterocycles. The van der Waals surface area contributed by atoms with Crippen LogP contribution in [0.3, 0.4) is 0 Å². The van der Waals surface area contributed by atoms with Crippen molar-refractivity contribution in [3.63, 3.8) is 0 Å². The Balaban J connectivity index is 2.00. The third-order valence-corrected chi connectivity index (χ3v) is 4.92. The molecule has 0 aliphatic carbocycles. The number of fused-ring (bicyclic) bond motifs is 1. The summed E-state index contributed by atoms with van der Waals surface area (Å²) in [6.07, 6.45) is 1.98. The highest BCUT2D eigenvalue weighted by molar-refractivity contribution is 8.00. The lowest BCUT2D eigenvalue weighted by atomic mass is 10.3. The van der Waals surface area contributed by atoms with Gasteiger partial charge in [0, 0.05) is 35.7 Å². The molecule has 0 saturated carbocycles. The van der Waals surface area contributed by atoms with E-state index in [-0.39, 0.29) is 6.61 Å². The molecule has 1 atom stereocenters. The van der Waals surface area contributed by atoms with Crippen molar-refractivity contribution in [3.8, 4) is 0 Å². The van der Waals surface area contributed by atoms with Crippen LogP contribution in [0.5, 0.6) is 0 Å². The molecule has 4 nitrogen and oxygen atoms in total. The van der Waals surface area contributed by atoms with E-state index < -0.39 is 0 Å². The van der Waals surface area contributed by atoms with E-state index in [4.69, 9.17) is 0 Å². The first-order valence-corrected chi connectivity index (χ1v) is 7.64. The van der Waals surface area contributed by atoms with Gasteiger partial charge < -0.3 is 10.0 Å². The number of nitrogens with zero attached hydrogens (tertiary/aromatic N) is 3. The Labute approximate surface area is 108 Å². The molecule has 17 heavy (non-hydrogen) atoms. The molecule has 1 aliphatic rings. The minimum absolute atomic E-state index is 0.0469. The Hall–Kier alpha value is -0.720. The van der Waals surface area contributed by atoms with Crippen LogP contribution in [0.25, 0.3) is 4.96 Å². The predicted molar refractivity (Wildman–Crippen MR) is 73.1 cm³/mol. The van der Waals surface area contributed by atoms with Crippen LogP contribution in [0.15, 0.2) is 11.6 Å². The Morgan fingerprint density at radius 1 is 1.59 bits per heavy atom. The summed E-state index contributed by atoms with van der Waals surface area (Å²) < 4.78 is 1.99.